The van der Waals surface area contributed by atoms with E-state index in [1.165, 1.54) is 0 Å². The molecule has 1 N–H and O–H groups in total. The van der Waals surface area contributed by atoms with Crippen LogP contribution in [-0.4, -0.2) is 40.4 Å². The summed E-state index contributed by atoms with van der Waals surface area (Å²) in [5, 5.41) is 12.3. The molecule has 0 amide bonds. The second-order valence-corrected chi connectivity index (χ2v) is 24.2. The average molecular weight is 910 g/mol. The quantitative estimate of drug-likeness (QED) is 0.0733. The summed E-state index contributed by atoms with van der Waals surface area (Å²) in [5.74, 6) is -0.350. The van der Waals surface area contributed by atoms with E-state index in [4.69, 9.17) is 18.3 Å². The van der Waals surface area contributed by atoms with E-state index in [2.05, 4.69) is 38.3 Å². The SMILES string of the molecule is C[Si](C)O[Si](C)(C)CCCc1cc2c(O)c(c1)Cc1cccc(c1OC(=O)c1ccccc1)Cc1cccc(c1OC(=O)c1ccccc1)Cc1cccc(c1OC(=O)c1ccccc1)C2. The van der Waals surface area contributed by atoms with E-state index in [-0.39, 0.29) is 31.4 Å². The van der Waals surface area contributed by atoms with Crippen molar-refractivity contribution in [2.75, 3.05) is 0 Å². The van der Waals surface area contributed by atoms with E-state index in [0.29, 0.717) is 78.4 Å². The molecule has 0 spiro atoms. The number of benzene rings is 7. The molecule has 1 radical (unpaired) electrons. The lowest BCUT2D eigenvalue weighted by atomic mass is 9.90. The lowest BCUT2D eigenvalue weighted by molar-refractivity contribution is 0.0722. The molecule has 0 atom stereocenters. The first-order valence-electron chi connectivity index (χ1n) is 22.4. The highest BCUT2D eigenvalue weighted by atomic mass is 28.4. The van der Waals surface area contributed by atoms with Gasteiger partial charge in [0, 0.05) is 25.7 Å². The monoisotopic (exact) mass is 909 g/mol. The third-order valence-electron chi connectivity index (χ3n) is 11.7. The van der Waals surface area contributed by atoms with Crippen molar-refractivity contribution in [1.29, 1.82) is 0 Å². The molecule has 0 fully saturated rings. The number of ether oxygens (including phenoxy) is 3. The average Bonchev–Trinajstić information content (AvgIpc) is 3.30. The van der Waals surface area contributed by atoms with Gasteiger partial charge >= 0.3 is 17.9 Å². The third kappa shape index (κ3) is 11.1. The summed E-state index contributed by atoms with van der Waals surface area (Å²) < 4.78 is 25.6. The molecule has 1 aliphatic rings. The number of carbonyl (C=O) groups is 3. The van der Waals surface area contributed by atoms with Crippen molar-refractivity contribution < 1.29 is 37.8 Å². The van der Waals surface area contributed by atoms with Gasteiger partial charge in [0.1, 0.15) is 23.0 Å². The van der Waals surface area contributed by atoms with Gasteiger partial charge in [-0.2, -0.15) is 0 Å². The number of aromatic hydroxyl groups is 1. The Hall–Kier alpha value is -6.86. The molecule has 8 bridgehead atoms. The zero-order chi connectivity index (χ0) is 46.2. The first kappa shape index (κ1) is 45.7. The largest absolute Gasteiger partial charge is 0.507 e. The fourth-order valence-electron chi connectivity index (χ4n) is 8.71. The van der Waals surface area contributed by atoms with Crippen LogP contribution in [0.5, 0.6) is 23.0 Å². The van der Waals surface area contributed by atoms with Crippen molar-refractivity contribution in [2.45, 2.75) is 70.8 Å². The van der Waals surface area contributed by atoms with E-state index in [9.17, 15) is 19.5 Å². The summed E-state index contributed by atoms with van der Waals surface area (Å²) in [6.45, 7) is 8.90. The highest BCUT2D eigenvalue weighted by Crippen LogP contribution is 2.40. The summed E-state index contributed by atoms with van der Waals surface area (Å²) in [6, 6.07) is 48.9. The molecule has 7 aromatic rings. The molecule has 0 aliphatic heterocycles. The Labute approximate surface area is 389 Å². The van der Waals surface area contributed by atoms with Crippen LogP contribution >= 0.6 is 0 Å². The highest BCUT2D eigenvalue weighted by molar-refractivity contribution is 6.77. The predicted octanol–water partition coefficient (Wildman–Crippen LogP) is 12.1. The molecular formula is C56H53O8Si2. The first-order chi connectivity index (χ1) is 31.9. The summed E-state index contributed by atoms with van der Waals surface area (Å²) >= 11 is 0. The Morgan fingerprint density at radius 2 is 0.803 bits per heavy atom. The van der Waals surface area contributed by atoms with E-state index >= 15 is 0 Å². The Balaban J connectivity index is 1.30. The van der Waals surface area contributed by atoms with Crippen LogP contribution in [0.1, 0.15) is 87.6 Å². The Morgan fingerprint density at radius 1 is 0.485 bits per heavy atom. The van der Waals surface area contributed by atoms with Gasteiger partial charge in [-0.25, -0.2) is 14.4 Å². The lowest BCUT2D eigenvalue weighted by Gasteiger charge is -2.25. The van der Waals surface area contributed by atoms with Crippen LogP contribution < -0.4 is 14.2 Å². The smallest absolute Gasteiger partial charge is 0.343 e. The highest BCUT2D eigenvalue weighted by Gasteiger charge is 2.27. The number of carbonyl (C=O) groups excluding carboxylic acids is 3. The minimum atomic E-state index is -1.89. The zero-order valence-corrected chi connectivity index (χ0v) is 39.8. The molecule has 7 aromatic carbocycles. The van der Waals surface area contributed by atoms with Crippen LogP contribution in [-0.2, 0) is 36.2 Å². The van der Waals surface area contributed by atoms with Crippen LogP contribution in [0.25, 0.3) is 0 Å². The van der Waals surface area contributed by atoms with Crippen molar-refractivity contribution in [1.82, 2.24) is 0 Å². The molecule has 0 heterocycles. The van der Waals surface area contributed by atoms with Crippen molar-refractivity contribution in [2.24, 2.45) is 0 Å². The van der Waals surface area contributed by atoms with Crippen LogP contribution in [0, 0.1) is 0 Å². The summed E-state index contributed by atoms with van der Waals surface area (Å²) in [6.07, 6.45) is 2.61. The fourth-order valence-corrected chi connectivity index (χ4v) is 14.6. The van der Waals surface area contributed by atoms with Gasteiger partial charge in [-0.15, -0.1) is 0 Å². The van der Waals surface area contributed by atoms with Gasteiger partial charge in [-0.05, 0) is 132 Å². The Morgan fingerprint density at radius 3 is 1.12 bits per heavy atom. The number of phenols is 1. The molecule has 66 heavy (non-hydrogen) atoms. The lowest BCUT2D eigenvalue weighted by Crippen LogP contribution is -2.35. The maximum absolute atomic E-state index is 13.9. The zero-order valence-electron chi connectivity index (χ0n) is 37.8. The minimum absolute atomic E-state index is 0.116. The number of para-hydroxylation sites is 3. The maximum Gasteiger partial charge on any atom is 0.343 e. The molecule has 333 valence electrons. The third-order valence-corrected chi connectivity index (χ3v) is 17.1. The van der Waals surface area contributed by atoms with Crippen molar-refractivity contribution in [3.05, 3.63) is 224 Å². The summed E-state index contributed by atoms with van der Waals surface area (Å²) in [7, 11) is -2.73. The molecule has 0 unspecified atom stereocenters. The maximum atomic E-state index is 13.9. The van der Waals surface area contributed by atoms with E-state index < -0.39 is 35.3 Å². The Bertz CT molecular complexity index is 2710. The van der Waals surface area contributed by atoms with E-state index in [0.717, 1.165) is 24.4 Å². The molecule has 10 heteroatoms. The number of phenolic OH excluding ortho intramolecular Hbond substituents is 1. The standard InChI is InChI=1S/C56H53O8Si2/c1-65(2)64-66(3,4)31-17-18-38-32-48-36-46-29-15-27-44(52(46)62-55(59)40-21-10-6-11-22-40)34-42-25-14-26-43(51(42)61-54(58)39-19-8-5-9-20-39)35-45-28-16-30-47(37-49(33-38)50(48)57)53(45)63-56(60)41-23-12-7-13-24-41/h5-16,19-30,32-33,57H,17-18,31,34-37H2,1-4H3. The summed E-state index contributed by atoms with van der Waals surface area (Å²) in [4.78, 5) is 41.8. The van der Waals surface area contributed by atoms with Gasteiger partial charge in [0.15, 0.2) is 17.4 Å². The van der Waals surface area contributed by atoms with Crippen LogP contribution in [0.4, 0.5) is 0 Å². The summed E-state index contributed by atoms with van der Waals surface area (Å²) in [5.41, 5.74) is 7.70. The molecular weight excluding hydrogens is 857 g/mol. The van der Waals surface area contributed by atoms with Crippen molar-refractivity contribution >= 4 is 35.3 Å². The number of aryl methyl sites for hydroxylation is 1. The second-order valence-electron chi connectivity index (χ2n) is 17.6. The molecule has 0 aromatic heterocycles. The molecule has 1 aliphatic carbocycles. The van der Waals surface area contributed by atoms with Gasteiger partial charge in [0.2, 0.25) is 0 Å². The molecule has 0 saturated heterocycles. The topological polar surface area (TPSA) is 108 Å². The van der Waals surface area contributed by atoms with Crippen molar-refractivity contribution in [3.63, 3.8) is 0 Å². The molecule has 8 rings (SSSR count). The number of esters is 3. The van der Waals surface area contributed by atoms with Crippen molar-refractivity contribution in [3.8, 4) is 23.0 Å². The first-order valence-corrected chi connectivity index (χ1v) is 27.9. The number of fused-ring (bicyclic) bond motifs is 8. The molecule has 0 saturated carbocycles. The van der Waals surface area contributed by atoms with Crippen LogP contribution in [0.3, 0.4) is 0 Å². The minimum Gasteiger partial charge on any atom is -0.507 e. The number of rotatable bonds is 12. The van der Waals surface area contributed by atoms with E-state index in [1.807, 2.05) is 72.8 Å². The van der Waals surface area contributed by atoms with Gasteiger partial charge in [-0.1, -0.05) is 121 Å². The van der Waals surface area contributed by atoms with E-state index in [1.54, 1.807) is 72.8 Å². The normalized spacial score (nSPS) is 12.3. The molecule has 8 nitrogen and oxygen atoms in total. The van der Waals surface area contributed by atoms with Gasteiger partial charge in [0.05, 0.1) is 16.7 Å². The van der Waals surface area contributed by atoms with Gasteiger partial charge < -0.3 is 23.4 Å². The van der Waals surface area contributed by atoms with Gasteiger partial charge in [0.25, 0.3) is 0 Å². The van der Waals surface area contributed by atoms with Crippen LogP contribution in [0.2, 0.25) is 32.2 Å². The fraction of sp³-hybridized carbons (Fsp3) is 0.196. The van der Waals surface area contributed by atoms with Gasteiger partial charge in [-0.3, -0.25) is 0 Å². The number of hydrogen-bond donors (Lipinski definition) is 1. The number of hydrogen-bond acceptors (Lipinski definition) is 8. The second kappa shape index (κ2) is 20.5. The predicted molar refractivity (Wildman–Crippen MR) is 262 cm³/mol. The Kier molecular flexibility index (Phi) is 14.2. The van der Waals surface area contributed by atoms with Crippen LogP contribution in [0.15, 0.2) is 158 Å².